The van der Waals surface area contributed by atoms with Gasteiger partial charge in [0.05, 0.1) is 24.6 Å². The number of rotatable bonds is 4. The molecule has 1 aliphatic heterocycles. The highest BCUT2D eigenvalue weighted by Gasteiger charge is 2.31. The van der Waals surface area contributed by atoms with Crippen molar-refractivity contribution in [3.8, 4) is 22.4 Å². The number of hydrogen-bond donors (Lipinski definition) is 1. The van der Waals surface area contributed by atoms with Crippen LogP contribution in [0, 0.1) is 0 Å². The Morgan fingerprint density at radius 3 is 2.47 bits per heavy atom. The molecule has 1 aliphatic rings. The van der Waals surface area contributed by atoms with Crippen LogP contribution < -0.4 is 11.4 Å². The maximum Gasteiger partial charge on any atom is 0.349 e. The van der Waals surface area contributed by atoms with Crippen LogP contribution >= 0.6 is 0 Å². The van der Waals surface area contributed by atoms with E-state index in [2.05, 4.69) is 29.0 Å². The average molecular weight is 488 g/mol. The fourth-order valence-electron chi connectivity index (χ4n) is 5.43. The van der Waals surface area contributed by atoms with E-state index in [1.807, 2.05) is 43.2 Å². The van der Waals surface area contributed by atoms with Crippen molar-refractivity contribution in [3.63, 3.8) is 0 Å². The molecule has 0 saturated carbocycles. The van der Waals surface area contributed by atoms with E-state index in [0.29, 0.717) is 22.5 Å². The molecule has 1 saturated heterocycles. The summed E-state index contributed by atoms with van der Waals surface area (Å²) >= 11 is 0. The number of nitrogens with zero attached hydrogens (tertiary/aromatic N) is 6. The zero-order chi connectivity index (χ0) is 25.1. The van der Waals surface area contributed by atoms with Gasteiger partial charge in [-0.3, -0.25) is 13.9 Å². The lowest BCUT2D eigenvalue weighted by atomic mass is 9.96. The molecule has 186 valence electrons. The third-order valence-electron chi connectivity index (χ3n) is 7.08. The average Bonchev–Trinajstić information content (AvgIpc) is 3.56. The molecule has 0 spiro atoms. The molecule has 3 unspecified atom stereocenters. The minimum atomic E-state index is -0.308. The highest BCUT2D eigenvalue weighted by molar-refractivity contribution is 6.09. The van der Waals surface area contributed by atoms with Gasteiger partial charge in [-0.1, -0.05) is 6.92 Å². The number of benzene rings is 1. The molecule has 2 N–H and O–H groups in total. The van der Waals surface area contributed by atoms with Crippen LogP contribution in [0.3, 0.4) is 0 Å². The zero-order valence-corrected chi connectivity index (χ0v) is 20.8. The predicted octanol–water partition coefficient (Wildman–Crippen LogP) is 4.04. The number of furan rings is 1. The van der Waals surface area contributed by atoms with E-state index >= 15 is 0 Å². The van der Waals surface area contributed by atoms with Crippen LogP contribution in [0.2, 0.25) is 0 Å². The van der Waals surface area contributed by atoms with E-state index in [4.69, 9.17) is 14.9 Å². The number of fused-ring (bicyclic) bond motifs is 3. The van der Waals surface area contributed by atoms with Crippen molar-refractivity contribution in [1.29, 1.82) is 0 Å². The van der Waals surface area contributed by atoms with Gasteiger partial charge in [0.25, 0.3) is 0 Å². The standard InChI is InChI=1S/C26H29N7O3/c1-5-18-7-17(6-14(2)35-18)33-24-20-8-19(15-10-28-31(3)12-15)21(27)9-22(20)36-25(24)23(30-26(33)34)16-11-29-32(4)13-16/h8-14,17-18H,5-7,27H2,1-4H3. The van der Waals surface area contributed by atoms with E-state index in [1.54, 1.807) is 21.8 Å². The lowest BCUT2D eigenvalue weighted by molar-refractivity contribution is -0.0594. The third-order valence-corrected chi connectivity index (χ3v) is 7.08. The topological polar surface area (TPSA) is 119 Å². The van der Waals surface area contributed by atoms with Gasteiger partial charge in [-0.05, 0) is 32.3 Å². The number of aromatic nitrogens is 6. The summed E-state index contributed by atoms with van der Waals surface area (Å²) in [5.74, 6) is 0. The van der Waals surface area contributed by atoms with E-state index in [1.165, 1.54) is 0 Å². The second kappa shape index (κ2) is 8.34. The van der Waals surface area contributed by atoms with Crippen LogP contribution in [-0.2, 0) is 18.8 Å². The Balaban J connectivity index is 1.67. The maximum atomic E-state index is 13.7. The molecule has 3 atom stereocenters. The summed E-state index contributed by atoms with van der Waals surface area (Å²) in [5.41, 5.74) is 11.5. The van der Waals surface area contributed by atoms with Crippen molar-refractivity contribution in [2.75, 3.05) is 5.73 Å². The van der Waals surface area contributed by atoms with Gasteiger partial charge in [-0.15, -0.1) is 0 Å². The smallest absolute Gasteiger partial charge is 0.349 e. The fraction of sp³-hybridized carbons (Fsp3) is 0.385. The fourth-order valence-corrected chi connectivity index (χ4v) is 5.43. The van der Waals surface area contributed by atoms with E-state index in [0.717, 1.165) is 46.9 Å². The molecule has 4 aromatic heterocycles. The number of nitrogens with two attached hydrogens (primary N) is 1. The summed E-state index contributed by atoms with van der Waals surface area (Å²) in [7, 11) is 3.70. The molecule has 0 bridgehead atoms. The Bertz CT molecular complexity index is 1660. The van der Waals surface area contributed by atoms with Crippen molar-refractivity contribution >= 4 is 27.8 Å². The van der Waals surface area contributed by atoms with Gasteiger partial charge < -0.3 is 14.9 Å². The number of nitrogen functional groups attached to an aromatic ring is 1. The minimum absolute atomic E-state index is 0.0356. The summed E-state index contributed by atoms with van der Waals surface area (Å²) in [6.45, 7) is 4.17. The molecule has 0 radical (unpaired) electrons. The molecule has 10 nitrogen and oxygen atoms in total. The molecule has 0 amide bonds. The highest BCUT2D eigenvalue weighted by atomic mass is 16.5. The predicted molar refractivity (Wildman–Crippen MR) is 137 cm³/mol. The summed E-state index contributed by atoms with van der Waals surface area (Å²) in [6.07, 6.45) is 9.68. The molecule has 5 heterocycles. The van der Waals surface area contributed by atoms with Gasteiger partial charge in [-0.25, -0.2) is 4.79 Å². The molecular formula is C26H29N7O3. The summed E-state index contributed by atoms with van der Waals surface area (Å²) in [6, 6.07) is 3.75. The van der Waals surface area contributed by atoms with Gasteiger partial charge in [-0.2, -0.15) is 15.2 Å². The van der Waals surface area contributed by atoms with Gasteiger partial charge >= 0.3 is 5.69 Å². The minimum Gasteiger partial charge on any atom is -0.452 e. The molecule has 1 aromatic carbocycles. The molecule has 36 heavy (non-hydrogen) atoms. The van der Waals surface area contributed by atoms with E-state index in [9.17, 15) is 4.79 Å². The molecule has 0 aliphatic carbocycles. The van der Waals surface area contributed by atoms with Crippen molar-refractivity contribution in [1.82, 2.24) is 29.1 Å². The molecule has 10 heteroatoms. The maximum absolute atomic E-state index is 13.7. The normalized spacial score (nSPS) is 20.5. The summed E-state index contributed by atoms with van der Waals surface area (Å²) < 4.78 is 17.7. The first kappa shape index (κ1) is 22.5. The Hall–Kier alpha value is -3.92. The number of aryl methyl sites for hydroxylation is 2. The first-order valence-electron chi connectivity index (χ1n) is 12.2. The van der Waals surface area contributed by atoms with Gasteiger partial charge in [0.15, 0.2) is 5.58 Å². The van der Waals surface area contributed by atoms with Crippen LogP contribution in [0.25, 0.3) is 44.5 Å². The molecule has 1 fully saturated rings. The lowest BCUT2D eigenvalue weighted by Crippen LogP contribution is -2.37. The second-order valence-corrected chi connectivity index (χ2v) is 9.74. The molecule has 5 aromatic rings. The summed E-state index contributed by atoms with van der Waals surface area (Å²) in [5, 5.41) is 9.39. The monoisotopic (exact) mass is 487 g/mol. The van der Waals surface area contributed by atoms with Gasteiger partial charge in [0, 0.05) is 66.4 Å². The lowest BCUT2D eigenvalue weighted by Gasteiger charge is -2.34. The van der Waals surface area contributed by atoms with Crippen LogP contribution in [0.15, 0.2) is 46.1 Å². The molecule has 6 rings (SSSR count). The second-order valence-electron chi connectivity index (χ2n) is 9.74. The van der Waals surface area contributed by atoms with Crippen molar-refractivity contribution in [2.45, 2.75) is 51.4 Å². The zero-order valence-electron chi connectivity index (χ0n) is 20.8. The van der Waals surface area contributed by atoms with Gasteiger partial charge in [0.2, 0.25) is 0 Å². The van der Waals surface area contributed by atoms with E-state index < -0.39 is 0 Å². The quantitative estimate of drug-likeness (QED) is 0.380. The van der Waals surface area contributed by atoms with Crippen molar-refractivity contribution < 1.29 is 9.15 Å². The first-order chi connectivity index (χ1) is 17.3. The highest BCUT2D eigenvalue weighted by Crippen LogP contribution is 2.40. The Morgan fingerprint density at radius 2 is 1.81 bits per heavy atom. The van der Waals surface area contributed by atoms with Crippen LogP contribution in [0.1, 0.15) is 39.2 Å². The van der Waals surface area contributed by atoms with Crippen molar-refractivity contribution in [3.05, 3.63) is 47.4 Å². The largest absolute Gasteiger partial charge is 0.452 e. The summed E-state index contributed by atoms with van der Waals surface area (Å²) in [4.78, 5) is 18.2. The first-order valence-corrected chi connectivity index (χ1v) is 12.2. The third kappa shape index (κ3) is 3.60. The Labute approximate surface area is 207 Å². The SMILES string of the molecule is CCC1CC(n2c(=O)nc(-c3cnn(C)c3)c3oc4cc(N)c(-c5cnn(C)c5)cc4c32)CC(C)O1. The van der Waals surface area contributed by atoms with Crippen LogP contribution in [0.4, 0.5) is 5.69 Å². The number of anilines is 1. The van der Waals surface area contributed by atoms with Gasteiger partial charge in [0.1, 0.15) is 16.8 Å². The Morgan fingerprint density at radius 1 is 1.08 bits per heavy atom. The van der Waals surface area contributed by atoms with E-state index in [-0.39, 0.29) is 23.9 Å². The number of ether oxygens (including phenoxy) is 1. The Kier molecular flexibility index (Phi) is 5.22. The van der Waals surface area contributed by atoms with Crippen LogP contribution in [0.5, 0.6) is 0 Å². The van der Waals surface area contributed by atoms with Crippen LogP contribution in [-0.4, -0.2) is 41.3 Å². The number of hydrogen-bond acceptors (Lipinski definition) is 7. The van der Waals surface area contributed by atoms with Crippen molar-refractivity contribution in [2.24, 2.45) is 14.1 Å². The molecular weight excluding hydrogens is 458 g/mol.